The van der Waals surface area contributed by atoms with E-state index in [-0.39, 0.29) is 28.8 Å². The molecule has 0 spiro atoms. The Morgan fingerprint density at radius 2 is 2.00 bits per heavy atom. The molecule has 1 amide bonds. The van der Waals surface area contributed by atoms with Crippen LogP contribution in [0.15, 0.2) is 35.1 Å². The number of nitrogens with zero attached hydrogens (tertiary/aromatic N) is 2. The zero-order chi connectivity index (χ0) is 17.5. The Hall–Kier alpha value is -2.51. The van der Waals surface area contributed by atoms with Crippen molar-refractivity contribution in [1.29, 1.82) is 0 Å². The van der Waals surface area contributed by atoms with E-state index in [4.69, 9.17) is 11.5 Å². The molecule has 1 heterocycles. The smallest absolute Gasteiger partial charge is 0.280 e. The van der Waals surface area contributed by atoms with Gasteiger partial charge in [0.05, 0.1) is 17.5 Å². The number of pyridine rings is 1. The number of alkyl halides is 2. The van der Waals surface area contributed by atoms with E-state index in [9.17, 15) is 13.6 Å². The van der Waals surface area contributed by atoms with E-state index in [2.05, 4.69) is 15.3 Å². The van der Waals surface area contributed by atoms with Gasteiger partial charge in [-0.25, -0.2) is 13.8 Å². The second kappa shape index (κ2) is 8.37. The number of aromatic nitrogens is 1. The predicted molar refractivity (Wildman–Crippen MR) is 87.8 cm³/mol. The van der Waals surface area contributed by atoms with Crippen LogP contribution >= 0.6 is 0 Å². The molecule has 0 radical (unpaired) electrons. The summed E-state index contributed by atoms with van der Waals surface area (Å²) in [6.45, 7) is 0. The number of rotatable bonds is 6. The molecule has 2 rings (SSSR count). The van der Waals surface area contributed by atoms with Crippen molar-refractivity contribution in [2.24, 2.45) is 16.5 Å². The maximum absolute atomic E-state index is 12.5. The summed E-state index contributed by atoms with van der Waals surface area (Å²) in [5.74, 6) is -0.797. The third-order valence-corrected chi connectivity index (χ3v) is 3.85. The highest BCUT2D eigenvalue weighted by Gasteiger charge is 2.15. The third-order valence-electron chi connectivity index (χ3n) is 3.85. The molecule has 6 nitrogen and oxygen atoms in total. The molecule has 1 aromatic heterocycles. The molecule has 0 aromatic carbocycles. The van der Waals surface area contributed by atoms with Gasteiger partial charge in [-0.1, -0.05) is 19.3 Å². The second-order valence-corrected chi connectivity index (χ2v) is 5.66. The lowest BCUT2D eigenvalue weighted by atomic mass is 9.95. The minimum absolute atomic E-state index is 0.0542. The summed E-state index contributed by atoms with van der Waals surface area (Å²) in [7, 11) is 0. The first-order chi connectivity index (χ1) is 11.5. The van der Waals surface area contributed by atoms with Crippen LogP contribution in [0.4, 0.5) is 14.5 Å². The number of aliphatic imine (C=N–C) groups is 1. The zero-order valence-corrected chi connectivity index (χ0v) is 13.2. The van der Waals surface area contributed by atoms with E-state index in [0.29, 0.717) is 0 Å². The number of carbonyl (C=O) groups is 1. The Balaban J connectivity index is 2.12. The molecule has 1 aromatic rings. The summed E-state index contributed by atoms with van der Waals surface area (Å²) in [4.78, 5) is 19.2. The standard InChI is InChI=1S/C16H21F2N5O/c17-14(18)13-7-6-11(8-22-13)23-15(19)12(16(20)24)9-21-10-4-2-1-3-5-10/h6-10,14,21H,1-5H2,(H2,19,23)(H2,20,24)/b12-9+. The van der Waals surface area contributed by atoms with E-state index in [0.717, 1.165) is 31.7 Å². The molecule has 130 valence electrons. The SMILES string of the molecule is NC(=O)/C(=C/NC1CCCCC1)C(N)=Nc1ccc(C(F)F)nc1. The van der Waals surface area contributed by atoms with Gasteiger partial charge in [0.25, 0.3) is 12.3 Å². The van der Waals surface area contributed by atoms with Crippen molar-refractivity contribution in [2.45, 2.75) is 44.6 Å². The molecule has 0 atom stereocenters. The van der Waals surface area contributed by atoms with E-state index in [1.165, 1.54) is 24.9 Å². The average Bonchev–Trinajstić information content (AvgIpc) is 2.56. The Morgan fingerprint density at radius 3 is 2.54 bits per heavy atom. The number of primary amides is 1. The molecule has 0 unspecified atom stereocenters. The summed E-state index contributed by atoms with van der Waals surface area (Å²) >= 11 is 0. The van der Waals surface area contributed by atoms with Gasteiger partial charge in [-0.3, -0.25) is 9.78 Å². The van der Waals surface area contributed by atoms with E-state index in [1.807, 2.05) is 0 Å². The van der Waals surface area contributed by atoms with Crippen LogP contribution in [0.5, 0.6) is 0 Å². The van der Waals surface area contributed by atoms with Crippen LogP contribution in [0.2, 0.25) is 0 Å². The van der Waals surface area contributed by atoms with Crippen molar-refractivity contribution in [3.05, 3.63) is 35.8 Å². The highest BCUT2D eigenvalue weighted by atomic mass is 19.3. The zero-order valence-electron chi connectivity index (χ0n) is 13.2. The molecule has 0 aliphatic heterocycles. The Labute approximate surface area is 139 Å². The van der Waals surface area contributed by atoms with Crippen LogP contribution in [0.25, 0.3) is 0 Å². The normalized spacial score (nSPS) is 17.1. The molecule has 0 bridgehead atoms. The fraction of sp³-hybridized carbons (Fsp3) is 0.438. The second-order valence-electron chi connectivity index (χ2n) is 5.66. The molecule has 1 fully saturated rings. The number of hydrogen-bond acceptors (Lipinski definition) is 4. The molecule has 0 saturated heterocycles. The van der Waals surface area contributed by atoms with E-state index in [1.54, 1.807) is 0 Å². The monoisotopic (exact) mass is 337 g/mol. The van der Waals surface area contributed by atoms with Crippen LogP contribution in [-0.4, -0.2) is 22.8 Å². The third kappa shape index (κ3) is 5.00. The van der Waals surface area contributed by atoms with Gasteiger partial charge in [0.1, 0.15) is 11.5 Å². The fourth-order valence-corrected chi connectivity index (χ4v) is 2.53. The number of nitrogens with two attached hydrogens (primary N) is 2. The van der Waals surface area contributed by atoms with Crippen LogP contribution in [0, 0.1) is 0 Å². The highest BCUT2D eigenvalue weighted by molar-refractivity contribution is 6.20. The van der Waals surface area contributed by atoms with Crippen LogP contribution in [0.3, 0.4) is 0 Å². The molecular formula is C16H21F2N5O. The Kier molecular flexibility index (Phi) is 6.22. The molecule has 24 heavy (non-hydrogen) atoms. The summed E-state index contributed by atoms with van der Waals surface area (Å²) in [5.41, 5.74) is 11.1. The lowest BCUT2D eigenvalue weighted by molar-refractivity contribution is -0.114. The lowest BCUT2D eigenvalue weighted by Gasteiger charge is -2.22. The van der Waals surface area contributed by atoms with E-state index < -0.39 is 12.3 Å². The minimum Gasteiger partial charge on any atom is -0.387 e. The van der Waals surface area contributed by atoms with Crippen LogP contribution < -0.4 is 16.8 Å². The number of carbonyl (C=O) groups excluding carboxylic acids is 1. The first-order valence-electron chi connectivity index (χ1n) is 7.82. The number of hydrogen-bond donors (Lipinski definition) is 3. The summed E-state index contributed by atoms with van der Waals surface area (Å²) in [5, 5.41) is 3.16. The summed E-state index contributed by atoms with van der Waals surface area (Å²) in [6.07, 6.45) is 5.56. The highest BCUT2D eigenvalue weighted by Crippen LogP contribution is 2.20. The molecular weight excluding hydrogens is 316 g/mol. The van der Waals surface area contributed by atoms with Crippen molar-refractivity contribution in [3.63, 3.8) is 0 Å². The van der Waals surface area contributed by atoms with Gasteiger partial charge >= 0.3 is 0 Å². The maximum Gasteiger partial charge on any atom is 0.280 e. The fourth-order valence-electron chi connectivity index (χ4n) is 2.53. The van der Waals surface area contributed by atoms with Crippen molar-refractivity contribution in [2.75, 3.05) is 0 Å². The van der Waals surface area contributed by atoms with Gasteiger partial charge in [0.2, 0.25) is 0 Å². The predicted octanol–water partition coefficient (Wildman–Crippen LogP) is 2.30. The molecule has 1 aliphatic rings. The molecule has 5 N–H and O–H groups in total. The maximum atomic E-state index is 12.5. The van der Waals surface area contributed by atoms with Gasteiger partial charge in [0.15, 0.2) is 0 Å². The Bertz CT molecular complexity index is 622. The summed E-state index contributed by atoms with van der Waals surface area (Å²) in [6, 6.07) is 2.80. The van der Waals surface area contributed by atoms with Crippen molar-refractivity contribution >= 4 is 17.4 Å². The van der Waals surface area contributed by atoms with Crippen LogP contribution in [0.1, 0.15) is 44.2 Å². The van der Waals surface area contributed by atoms with Crippen molar-refractivity contribution < 1.29 is 13.6 Å². The number of amidine groups is 1. The average molecular weight is 337 g/mol. The van der Waals surface area contributed by atoms with Crippen molar-refractivity contribution in [3.8, 4) is 0 Å². The van der Waals surface area contributed by atoms with Gasteiger partial charge in [-0.2, -0.15) is 0 Å². The molecule has 1 saturated carbocycles. The van der Waals surface area contributed by atoms with Gasteiger partial charge in [-0.15, -0.1) is 0 Å². The Morgan fingerprint density at radius 1 is 1.29 bits per heavy atom. The van der Waals surface area contributed by atoms with E-state index >= 15 is 0 Å². The lowest BCUT2D eigenvalue weighted by Crippen LogP contribution is -2.32. The number of halogens is 2. The summed E-state index contributed by atoms with van der Waals surface area (Å²) < 4.78 is 24.9. The number of nitrogens with one attached hydrogen (secondary N) is 1. The van der Waals surface area contributed by atoms with Crippen LogP contribution in [-0.2, 0) is 4.79 Å². The first-order valence-corrected chi connectivity index (χ1v) is 7.82. The minimum atomic E-state index is -2.65. The van der Waals surface area contributed by atoms with Gasteiger partial charge in [-0.05, 0) is 25.0 Å². The number of amides is 1. The largest absolute Gasteiger partial charge is 0.387 e. The quantitative estimate of drug-likeness (QED) is 0.420. The topological polar surface area (TPSA) is 106 Å². The first kappa shape index (κ1) is 17.8. The van der Waals surface area contributed by atoms with Gasteiger partial charge in [0, 0.05) is 12.2 Å². The van der Waals surface area contributed by atoms with Crippen molar-refractivity contribution in [1.82, 2.24) is 10.3 Å². The molecule has 8 heteroatoms. The molecule has 1 aliphatic carbocycles. The van der Waals surface area contributed by atoms with Gasteiger partial charge < -0.3 is 16.8 Å².